The Labute approximate surface area is 150 Å². The highest BCUT2D eigenvalue weighted by Crippen LogP contribution is 2.20. The lowest BCUT2D eigenvalue weighted by atomic mass is 10.0. The van der Waals surface area contributed by atoms with Gasteiger partial charge in [0.2, 0.25) is 0 Å². The molecule has 1 aliphatic heterocycles. The van der Waals surface area contributed by atoms with Gasteiger partial charge in [-0.2, -0.15) is 13.2 Å². The lowest BCUT2D eigenvalue weighted by Crippen LogP contribution is -3.16. The number of halogens is 3. The van der Waals surface area contributed by atoms with E-state index in [0.29, 0.717) is 0 Å². The average Bonchev–Trinajstić information content (AvgIpc) is 2.50. The minimum Gasteiger partial charge on any atom is -0.741 e. The first-order valence-electron chi connectivity index (χ1n) is 9.46. The standard InChI is InChI=1S/C16H33N.CHF3O3S/c1-3-4-5-6-7-8-9-11-14-17-15-12-10-13-16(17)2;2-1(3,4)8(5,6)7/h16H,3-15H2,1-2H3;(H,5,6,7). The first-order valence-corrected chi connectivity index (χ1v) is 10.9. The number of alkyl halides is 3. The summed E-state index contributed by atoms with van der Waals surface area (Å²) in [6.45, 7) is 7.62. The maximum absolute atomic E-state index is 10.7. The fourth-order valence-electron chi connectivity index (χ4n) is 3.11. The minimum absolute atomic E-state index is 0.938. The van der Waals surface area contributed by atoms with Crippen molar-refractivity contribution in [3.05, 3.63) is 0 Å². The summed E-state index contributed by atoms with van der Waals surface area (Å²) in [6.07, 6.45) is 16.1. The number of quaternary nitrogens is 1. The Bertz CT molecular complexity index is 427. The quantitative estimate of drug-likeness (QED) is 0.372. The summed E-state index contributed by atoms with van der Waals surface area (Å²) in [5, 5.41) is 0. The van der Waals surface area contributed by atoms with Crippen molar-refractivity contribution < 1.29 is 31.0 Å². The van der Waals surface area contributed by atoms with Gasteiger partial charge in [-0.15, -0.1) is 0 Å². The van der Waals surface area contributed by atoms with Crippen LogP contribution in [0.25, 0.3) is 0 Å². The van der Waals surface area contributed by atoms with Gasteiger partial charge in [-0.1, -0.05) is 45.4 Å². The minimum atomic E-state index is -6.09. The Morgan fingerprint density at radius 1 is 1.00 bits per heavy atom. The molecule has 1 heterocycles. The van der Waals surface area contributed by atoms with E-state index in [1.807, 2.05) is 4.90 Å². The summed E-state index contributed by atoms with van der Waals surface area (Å²) in [4.78, 5) is 1.89. The molecule has 0 radical (unpaired) electrons. The van der Waals surface area contributed by atoms with Crippen molar-refractivity contribution in [3.8, 4) is 0 Å². The van der Waals surface area contributed by atoms with Crippen LogP contribution in [0.3, 0.4) is 0 Å². The summed E-state index contributed by atoms with van der Waals surface area (Å²) in [5.74, 6) is 0. The van der Waals surface area contributed by atoms with Gasteiger partial charge >= 0.3 is 5.51 Å². The number of likely N-dealkylation sites (tertiary alicyclic amines) is 1. The molecular formula is C17H34F3NO3S. The molecule has 2 atom stereocenters. The van der Waals surface area contributed by atoms with E-state index in [0.717, 1.165) is 6.04 Å². The predicted octanol–water partition coefficient (Wildman–Crippen LogP) is 3.64. The first-order chi connectivity index (χ1) is 11.6. The second kappa shape index (κ2) is 12.9. The third kappa shape index (κ3) is 12.6. The van der Waals surface area contributed by atoms with Crippen molar-refractivity contribution in [1.29, 1.82) is 0 Å². The molecule has 1 aliphatic rings. The zero-order valence-corrected chi connectivity index (χ0v) is 16.4. The molecule has 0 amide bonds. The van der Waals surface area contributed by atoms with Gasteiger partial charge in [0.1, 0.15) is 0 Å². The van der Waals surface area contributed by atoms with Gasteiger partial charge in [0.15, 0.2) is 10.1 Å². The number of hydrogen-bond acceptors (Lipinski definition) is 3. The monoisotopic (exact) mass is 389 g/mol. The molecular weight excluding hydrogens is 355 g/mol. The molecule has 4 nitrogen and oxygen atoms in total. The third-order valence-corrected chi connectivity index (χ3v) is 5.28. The first kappa shape index (κ1) is 24.7. The van der Waals surface area contributed by atoms with Crippen molar-refractivity contribution in [1.82, 2.24) is 0 Å². The molecule has 1 saturated heterocycles. The fraction of sp³-hybridized carbons (Fsp3) is 1.00. The molecule has 2 unspecified atom stereocenters. The van der Waals surface area contributed by atoms with Crippen LogP contribution in [-0.4, -0.2) is 37.6 Å². The van der Waals surface area contributed by atoms with Crippen LogP contribution in [0.4, 0.5) is 13.2 Å². The third-order valence-electron chi connectivity index (χ3n) is 4.72. The van der Waals surface area contributed by atoms with Crippen LogP contribution in [0.1, 0.15) is 84.5 Å². The zero-order chi connectivity index (χ0) is 19.3. The summed E-state index contributed by atoms with van der Waals surface area (Å²) in [5.41, 5.74) is -5.65. The highest BCUT2D eigenvalue weighted by molar-refractivity contribution is 7.86. The molecule has 0 saturated carbocycles. The Morgan fingerprint density at radius 2 is 1.48 bits per heavy atom. The number of unbranched alkanes of at least 4 members (excludes halogenated alkanes) is 7. The van der Waals surface area contributed by atoms with E-state index in [9.17, 15) is 13.2 Å². The van der Waals surface area contributed by atoms with Gasteiger partial charge < -0.3 is 9.45 Å². The van der Waals surface area contributed by atoms with Crippen LogP contribution < -0.4 is 4.90 Å². The fourth-order valence-corrected chi connectivity index (χ4v) is 3.11. The lowest BCUT2D eigenvalue weighted by molar-refractivity contribution is -0.928. The molecule has 152 valence electrons. The Balaban J connectivity index is 0.000000609. The normalized spacial score (nSPS) is 21.5. The van der Waals surface area contributed by atoms with Crippen molar-refractivity contribution in [3.63, 3.8) is 0 Å². The molecule has 1 rings (SSSR count). The van der Waals surface area contributed by atoms with Crippen molar-refractivity contribution in [2.24, 2.45) is 0 Å². The van der Waals surface area contributed by atoms with E-state index in [2.05, 4.69) is 13.8 Å². The van der Waals surface area contributed by atoms with E-state index in [4.69, 9.17) is 13.0 Å². The molecule has 0 spiro atoms. The van der Waals surface area contributed by atoms with E-state index in [-0.39, 0.29) is 0 Å². The molecule has 1 N–H and O–H groups in total. The largest absolute Gasteiger partial charge is 0.741 e. The van der Waals surface area contributed by atoms with Gasteiger partial charge in [0, 0.05) is 0 Å². The number of nitrogens with one attached hydrogen (secondary N) is 1. The van der Waals surface area contributed by atoms with Crippen molar-refractivity contribution in [2.45, 2.75) is 96.0 Å². The van der Waals surface area contributed by atoms with Crippen molar-refractivity contribution >= 4 is 10.1 Å². The van der Waals surface area contributed by atoms with Crippen molar-refractivity contribution in [2.75, 3.05) is 13.1 Å². The van der Waals surface area contributed by atoms with E-state index >= 15 is 0 Å². The van der Waals surface area contributed by atoms with Crippen LogP contribution in [0, 0.1) is 0 Å². The van der Waals surface area contributed by atoms with Gasteiger partial charge in [0.25, 0.3) is 0 Å². The molecule has 0 bridgehead atoms. The van der Waals surface area contributed by atoms with Gasteiger partial charge in [0.05, 0.1) is 19.1 Å². The molecule has 8 heteroatoms. The molecule has 0 aromatic carbocycles. The highest BCUT2D eigenvalue weighted by Gasteiger charge is 2.36. The second-order valence-corrected chi connectivity index (χ2v) is 8.30. The number of rotatable bonds is 9. The Morgan fingerprint density at radius 3 is 1.92 bits per heavy atom. The lowest BCUT2D eigenvalue weighted by Gasteiger charge is -2.30. The Kier molecular flexibility index (Phi) is 12.7. The summed E-state index contributed by atoms with van der Waals surface area (Å²) < 4.78 is 58.9. The second-order valence-electron chi connectivity index (χ2n) is 6.93. The predicted molar refractivity (Wildman–Crippen MR) is 92.4 cm³/mol. The highest BCUT2D eigenvalue weighted by atomic mass is 32.2. The summed E-state index contributed by atoms with van der Waals surface area (Å²) in [6, 6.07) is 0.938. The molecule has 0 aromatic heterocycles. The number of hydrogen-bond donors (Lipinski definition) is 1. The summed E-state index contributed by atoms with van der Waals surface area (Å²) >= 11 is 0. The van der Waals surface area contributed by atoms with E-state index in [1.165, 1.54) is 83.7 Å². The smallest absolute Gasteiger partial charge is 0.485 e. The maximum Gasteiger partial charge on any atom is 0.485 e. The van der Waals surface area contributed by atoms with Crippen LogP contribution in [0.5, 0.6) is 0 Å². The van der Waals surface area contributed by atoms with Gasteiger partial charge in [-0.05, 0) is 39.0 Å². The molecule has 1 fully saturated rings. The molecule has 0 aromatic rings. The van der Waals surface area contributed by atoms with Crippen LogP contribution >= 0.6 is 0 Å². The van der Waals surface area contributed by atoms with Gasteiger partial charge in [-0.3, -0.25) is 0 Å². The van der Waals surface area contributed by atoms with E-state index < -0.39 is 15.6 Å². The van der Waals surface area contributed by atoms with E-state index in [1.54, 1.807) is 0 Å². The van der Waals surface area contributed by atoms with Crippen LogP contribution in [-0.2, 0) is 10.1 Å². The summed E-state index contributed by atoms with van der Waals surface area (Å²) in [7, 11) is -6.09. The zero-order valence-electron chi connectivity index (χ0n) is 15.5. The average molecular weight is 390 g/mol. The maximum atomic E-state index is 10.7. The topological polar surface area (TPSA) is 61.6 Å². The van der Waals surface area contributed by atoms with Gasteiger partial charge in [-0.25, -0.2) is 8.42 Å². The SMILES string of the molecule is CCCCCCCCCC[NH+]1CCCCC1C.O=S(=O)([O-])C(F)(F)F. The Hall–Kier alpha value is -0.340. The number of piperidine rings is 1. The van der Waals surface area contributed by atoms with Crippen LogP contribution in [0.2, 0.25) is 0 Å². The van der Waals surface area contributed by atoms with Crippen LogP contribution in [0.15, 0.2) is 0 Å². The molecule has 0 aliphatic carbocycles. The molecule has 25 heavy (non-hydrogen) atoms.